The van der Waals surface area contributed by atoms with Gasteiger partial charge >= 0.3 is 0 Å². The Morgan fingerprint density at radius 3 is 2.62 bits per heavy atom. The SMILES string of the molecule is CNCC(Cc1cccc(F)c1)Cc1cc(Cl)ccc1F. The molecule has 2 rings (SSSR count). The minimum atomic E-state index is -0.250. The Morgan fingerprint density at radius 2 is 1.90 bits per heavy atom. The van der Waals surface area contributed by atoms with Crippen LogP contribution in [0, 0.1) is 17.6 Å². The largest absolute Gasteiger partial charge is 0.319 e. The van der Waals surface area contributed by atoms with Gasteiger partial charge in [0.05, 0.1) is 0 Å². The van der Waals surface area contributed by atoms with E-state index < -0.39 is 0 Å². The number of benzene rings is 2. The van der Waals surface area contributed by atoms with Gasteiger partial charge in [0, 0.05) is 5.02 Å². The Balaban J connectivity index is 2.13. The molecule has 0 spiro atoms. The molecule has 0 aliphatic heterocycles. The molecule has 2 aromatic carbocycles. The van der Waals surface area contributed by atoms with Gasteiger partial charge in [0.25, 0.3) is 0 Å². The van der Waals surface area contributed by atoms with E-state index in [1.54, 1.807) is 18.2 Å². The molecule has 1 N–H and O–H groups in total. The molecule has 0 bridgehead atoms. The summed E-state index contributed by atoms with van der Waals surface area (Å²) in [5, 5.41) is 3.64. The maximum atomic E-state index is 13.8. The van der Waals surface area contributed by atoms with Crippen molar-refractivity contribution in [2.75, 3.05) is 13.6 Å². The standard InChI is InChI=1S/C17H18ClF2N/c1-21-11-13(7-12-3-2-4-16(19)9-12)8-14-10-15(18)5-6-17(14)20/h2-6,9-10,13,21H,7-8,11H2,1H3. The van der Waals surface area contributed by atoms with Crippen LogP contribution < -0.4 is 5.32 Å². The second-order valence-electron chi connectivity index (χ2n) is 5.20. The summed E-state index contributed by atoms with van der Waals surface area (Å²) in [5.41, 5.74) is 1.51. The lowest BCUT2D eigenvalue weighted by Gasteiger charge is -2.17. The number of rotatable bonds is 6. The van der Waals surface area contributed by atoms with E-state index in [-0.39, 0.29) is 17.6 Å². The third kappa shape index (κ3) is 4.80. The molecule has 0 saturated carbocycles. The molecule has 0 heterocycles. The molecule has 0 radical (unpaired) electrons. The molecule has 0 aromatic heterocycles. The molecule has 1 atom stereocenters. The van der Waals surface area contributed by atoms with E-state index in [0.717, 1.165) is 12.1 Å². The second kappa shape index (κ2) is 7.53. The lowest BCUT2D eigenvalue weighted by atomic mass is 9.92. The summed E-state index contributed by atoms with van der Waals surface area (Å²) >= 11 is 5.93. The Labute approximate surface area is 128 Å². The van der Waals surface area contributed by atoms with Gasteiger partial charge in [-0.05, 0) is 73.8 Å². The molecule has 0 amide bonds. The first-order chi connectivity index (χ1) is 10.1. The summed E-state index contributed by atoms with van der Waals surface area (Å²) in [5.74, 6) is -0.325. The summed E-state index contributed by atoms with van der Waals surface area (Å²) in [6.45, 7) is 0.725. The zero-order valence-corrected chi connectivity index (χ0v) is 12.6. The van der Waals surface area contributed by atoms with Gasteiger partial charge < -0.3 is 5.32 Å². The number of halogens is 3. The van der Waals surface area contributed by atoms with Crippen molar-refractivity contribution in [3.05, 3.63) is 70.2 Å². The molecular weight excluding hydrogens is 292 g/mol. The van der Waals surface area contributed by atoms with Crippen LogP contribution in [0.4, 0.5) is 8.78 Å². The highest BCUT2D eigenvalue weighted by molar-refractivity contribution is 6.30. The molecule has 1 nitrogen and oxygen atoms in total. The van der Waals surface area contributed by atoms with Gasteiger partial charge in [-0.25, -0.2) is 8.78 Å². The van der Waals surface area contributed by atoms with Crippen molar-refractivity contribution < 1.29 is 8.78 Å². The molecule has 1 unspecified atom stereocenters. The van der Waals surface area contributed by atoms with E-state index in [9.17, 15) is 8.78 Å². The minimum Gasteiger partial charge on any atom is -0.319 e. The fraction of sp³-hybridized carbons (Fsp3) is 0.294. The van der Waals surface area contributed by atoms with Crippen molar-refractivity contribution in [3.8, 4) is 0 Å². The quantitative estimate of drug-likeness (QED) is 0.841. The van der Waals surface area contributed by atoms with Crippen molar-refractivity contribution in [3.63, 3.8) is 0 Å². The van der Waals surface area contributed by atoms with E-state index in [1.165, 1.54) is 18.2 Å². The van der Waals surface area contributed by atoms with Crippen LogP contribution in [0.2, 0.25) is 5.02 Å². The molecular formula is C17H18ClF2N. The predicted octanol–water partition coefficient (Wildman–Crippen LogP) is 4.24. The Bertz CT molecular complexity index is 601. The van der Waals surface area contributed by atoms with Crippen LogP contribution >= 0.6 is 11.6 Å². The van der Waals surface area contributed by atoms with Crippen LogP contribution in [0.3, 0.4) is 0 Å². The summed E-state index contributed by atoms with van der Waals surface area (Å²) < 4.78 is 27.1. The van der Waals surface area contributed by atoms with E-state index in [2.05, 4.69) is 5.32 Å². The smallest absolute Gasteiger partial charge is 0.126 e. The maximum absolute atomic E-state index is 13.8. The highest BCUT2D eigenvalue weighted by Crippen LogP contribution is 2.20. The zero-order chi connectivity index (χ0) is 15.2. The van der Waals surface area contributed by atoms with Crippen LogP contribution in [0.15, 0.2) is 42.5 Å². The Morgan fingerprint density at radius 1 is 1.10 bits per heavy atom. The monoisotopic (exact) mass is 309 g/mol. The van der Waals surface area contributed by atoms with Crippen molar-refractivity contribution in [1.82, 2.24) is 5.32 Å². The van der Waals surface area contributed by atoms with E-state index in [4.69, 9.17) is 11.6 Å². The predicted molar refractivity (Wildman–Crippen MR) is 82.6 cm³/mol. The Kier molecular flexibility index (Phi) is 5.71. The van der Waals surface area contributed by atoms with E-state index in [1.807, 2.05) is 13.1 Å². The normalized spacial score (nSPS) is 12.4. The summed E-state index contributed by atoms with van der Waals surface area (Å²) in [4.78, 5) is 0. The third-order valence-electron chi connectivity index (χ3n) is 3.42. The van der Waals surface area contributed by atoms with Crippen molar-refractivity contribution >= 4 is 11.6 Å². The summed E-state index contributed by atoms with van der Waals surface area (Å²) in [6.07, 6.45) is 1.24. The van der Waals surface area contributed by atoms with E-state index in [0.29, 0.717) is 23.4 Å². The lowest BCUT2D eigenvalue weighted by Crippen LogP contribution is -2.23. The second-order valence-corrected chi connectivity index (χ2v) is 5.63. The number of hydrogen-bond donors (Lipinski definition) is 1. The number of nitrogens with one attached hydrogen (secondary N) is 1. The first-order valence-corrected chi connectivity index (χ1v) is 7.29. The van der Waals surface area contributed by atoms with Crippen molar-refractivity contribution in [2.24, 2.45) is 5.92 Å². The maximum Gasteiger partial charge on any atom is 0.126 e. The van der Waals surface area contributed by atoms with Gasteiger partial charge in [-0.2, -0.15) is 0 Å². The number of hydrogen-bond acceptors (Lipinski definition) is 1. The van der Waals surface area contributed by atoms with Gasteiger partial charge in [-0.1, -0.05) is 23.7 Å². The lowest BCUT2D eigenvalue weighted by molar-refractivity contribution is 0.478. The van der Waals surface area contributed by atoms with Crippen LogP contribution in [0.5, 0.6) is 0 Å². The average Bonchev–Trinajstić information content (AvgIpc) is 2.43. The van der Waals surface area contributed by atoms with Crippen LogP contribution in [-0.2, 0) is 12.8 Å². The molecule has 0 aliphatic rings. The zero-order valence-electron chi connectivity index (χ0n) is 11.9. The first-order valence-electron chi connectivity index (χ1n) is 6.91. The molecule has 0 fully saturated rings. The van der Waals surface area contributed by atoms with Crippen molar-refractivity contribution in [1.29, 1.82) is 0 Å². The van der Waals surface area contributed by atoms with Gasteiger partial charge in [0.15, 0.2) is 0 Å². The highest BCUT2D eigenvalue weighted by atomic mass is 35.5. The van der Waals surface area contributed by atoms with Crippen LogP contribution in [0.25, 0.3) is 0 Å². The Hall–Kier alpha value is -1.45. The first kappa shape index (κ1) is 15.9. The van der Waals surface area contributed by atoms with E-state index >= 15 is 0 Å². The minimum absolute atomic E-state index is 0.171. The molecule has 21 heavy (non-hydrogen) atoms. The van der Waals surface area contributed by atoms with Gasteiger partial charge in [-0.3, -0.25) is 0 Å². The van der Waals surface area contributed by atoms with Gasteiger partial charge in [0.2, 0.25) is 0 Å². The van der Waals surface area contributed by atoms with Crippen LogP contribution in [0.1, 0.15) is 11.1 Å². The molecule has 0 saturated heterocycles. The third-order valence-corrected chi connectivity index (χ3v) is 3.66. The molecule has 4 heteroatoms. The topological polar surface area (TPSA) is 12.0 Å². The fourth-order valence-electron chi connectivity index (χ4n) is 2.51. The summed E-state index contributed by atoms with van der Waals surface area (Å²) in [7, 11) is 1.85. The van der Waals surface area contributed by atoms with Gasteiger partial charge in [-0.15, -0.1) is 0 Å². The molecule has 0 aliphatic carbocycles. The molecule has 112 valence electrons. The average molecular weight is 310 g/mol. The molecule has 2 aromatic rings. The van der Waals surface area contributed by atoms with Crippen LogP contribution in [-0.4, -0.2) is 13.6 Å². The summed E-state index contributed by atoms with van der Waals surface area (Å²) in [6, 6.07) is 11.1. The van der Waals surface area contributed by atoms with Crippen molar-refractivity contribution in [2.45, 2.75) is 12.8 Å². The highest BCUT2D eigenvalue weighted by Gasteiger charge is 2.13. The van der Waals surface area contributed by atoms with Gasteiger partial charge in [0.1, 0.15) is 11.6 Å². The fourth-order valence-corrected chi connectivity index (χ4v) is 2.71.